The Labute approximate surface area is 108 Å². The molecule has 1 aromatic heterocycles. The maximum absolute atomic E-state index is 6.05. The molecule has 3 heteroatoms. The maximum Gasteiger partial charge on any atom is 0.125 e. The summed E-state index contributed by atoms with van der Waals surface area (Å²) in [7, 11) is 0. The van der Waals surface area contributed by atoms with Gasteiger partial charge in [-0.3, -0.25) is 0 Å². The third kappa shape index (κ3) is 2.55. The van der Waals surface area contributed by atoms with Crippen LogP contribution in [-0.2, 0) is 15.8 Å². The minimum atomic E-state index is -0.0666. The molecule has 0 radical (unpaired) electrons. The van der Waals surface area contributed by atoms with Crippen LogP contribution in [0.15, 0.2) is 5.38 Å². The molecule has 0 aliphatic heterocycles. The van der Waals surface area contributed by atoms with E-state index in [0.29, 0.717) is 0 Å². The summed E-state index contributed by atoms with van der Waals surface area (Å²) in [5.41, 5.74) is 1.27. The van der Waals surface area contributed by atoms with Crippen molar-refractivity contribution in [3.05, 3.63) is 16.1 Å². The Bertz CT molecular complexity index is 372. The van der Waals surface area contributed by atoms with Crippen molar-refractivity contribution >= 4 is 11.3 Å². The van der Waals surface area contributed by atoms with Crippen LogP contribution in [0.25, 0.3) is 0 Å². The fourth-order valence-electron chi connectivity index (χ4n) is 2.47. The Hall–Kier alpha value is -0.410. The van der Waals surface area contributed by atoms with Gasteiger partial charge in [-0.2, -0.15) is 0 Å². The molecule has 1 saturated carbocycles. The van der Waals surface area contributed by atoms with Gasteiger partial charge >= 0.3 is 0 Å². The summed E-state index contributed by atoms with van der Waals surface area (Å²) in [6.45, 7) is 9.51. The smallest absolute Gasteiger partial charge is 0.125 e. The maximum atomic E-state index is 6.05. The molecule has 2 rings (SSSR count). The molecule has 0 aromatic carbocycles. The first-order chi connectivity index (χ1) is 7.98. The van der Waals surface area contributed by atoms with Gasteiger partial charge in [0.1, 0.15) is 10.6 Å². The van der Waals surface area contributed by atoms with E-state index in [0.717, 1.165) is 19.4 Å². The molecule has 0 N–H and O–H groups in total. The summed E-state index contributed by atoms with van der Waals surface area (Å²) in [5, 5.41) is 3.40. The molecule has 0 spiro atoms. The lowest BCUT2D eigenvalue weighted by Crippen LogP contribution is -2.26. The minimum Gasteiger partial charge on any atom is -0.368 e. The van der Waals surface area contributed by atoms with Crippen molar-refractivity contribution in [1.82, 2.24) is 4.98 Å². The zero-order valence-corrected chi connectivity index (χ0v) is 12.2. The van der Waals surface area contributed by atoms with Crippen molar-refractivity contribution in [2.75, 3.05) is 6.61 Å². The lowest BCUT2D eigenvalue weighted by Gasteiger charge is -2.26. The molecule has 0 atom stereocenters. The second-order valence-electron chi connectivity index (χ2n) is 5.92. The largest absolute Gasteiger partial charge is 0.368 e. The highest BCUT2D eigenvalue weighted by atomic mass is 32.1. The summed E-state index contributed by atoms with van der Waals surface area (Å²) >= 11 is 1.78. The molecular weight excluding hydrogens is 230 g/mol. The molecule has 1 heterocycles. The lowest BCUT2D eigenvalue weighted by molar-refractivity contribution is -0.0392. The summed E-state index contributed by atoms with van der Waals surface area (Å²) < 4.78 is 6.05. The fourth-order valence-corrected chi connectivity index (χ4v) is 3.73. The van der Waals surface area contributed by atoms with E-state index in [1.54, 1.807) is 11.3 Å². The quantitative estimate of drug-likeness (QED) is 0.803. The highest BCUT2D eigenvalue weighted by Crippen LogP contribution is 2.44. The second-order valence-corrected chi connectivity index (χ2v) is 6.78. The Morgan fingerprint density at radius 3 is 2.47 bits per heavy atom. The summed E-state index contributed by atoms with van der Waals surface area (Å²) in [6, 6.07) is 0. The molecule has 0 bridgehead atoms. The van der Waals surface area contributed by atoms with Crippen LogP contribution in [0.5, 0.6) is 0 Å². The Kier molecular flexibility index (Phi) is 3.60. The molecule has 1 fully saturated rings. The Morgan fingerprint density at radius 2 is 2.00 bits per heavy atom. The van der Waals surface area contributed by atoms with Crippen LogP contribution in [0.1, 0.15) is 64.1 Å². The van der Waals surface area contributed by atoms with E-state index in [9.17, 15) is 0 Å². The van der Waals surface area contributed by atoms with Gasteiger partial charge in [0, 0.05) is 17.4 Å². The van der Waals surface area contributed by atoms with Crippen LogP contribution >= 0.6 is 11.3 Å². The number of ether oxygens (including phenoxy) is 1. The number of rotatable bonds is 3. The van der Waals surface area contributed by atoms with E-state index in [1.807, 2.05) is 0 Å². The minimum absolute atomic E-state index is 0.0666. The topological polar surface area (TPSA) is 22.1 Å². The zero-order valence-electron chi connectivity index (χ0n) is 11.4. The van der Waals surface area contributed by atoms with Gasteiger partial charge < -0.3 is 4.74 Å². The van der Waals surface area contributed by atoms with Crippen LogP contribution in [0, 0.1) is 0 Å². The third-order valence-electron chi connectivity index (χ3n) is 3.49. The summed E-state index contributed by atoms with van der Waals surface area (Å²) in [5.74, 6) is 0. The monoisotopic (exact) mass is 253 g/mol. The molecule has 96 valence electrons. The number of nitrogens with zero attached hydrogens (tertiary/aromatic N) is 1. The van der Waals surface area contributed by atoms with Crippen LogP contribution in [0.4, 0.5) is 0 Å². The number of thiazole rings is 1. The van der Waals surface area contributed by atoms with E-state index in [2.05, 4.69) is 33.1 Å². The normalized spacial score (nSPS) is 19.8. The fraction of sp³-hybridized carbons (Fsp3) is 0.786. The van der Waals surface area contributed by atoms with Crippen molar-refractivity contribution < 1.29 is 4.74 Å². The van der Waals surface area contributed by atoms with E-state index in [1.165, 1.54) is 23.5 Å². The van der Waals surface area contributed by atoms with Gasteiger partial charge in [0.15, 0.2) is 0 Å². The molecule has 1 aromatic rings. The van der Waals surface area contributed by atoms with E-state index < -0.39 is 0 Å². The van der Waals surface area contributed by atoms with Crippen molar-refractivity contribution in [3.8, 4) is 0 Å². The van der Waals surface area contributed by atoms with Crippen molar-refractivity contribution in [1.29, 1.82) is 0 Å². The molecule has 17 heavy (non-hydrogen) atoms. The summed E-state index contributed by atoms with van der Waals surface area (Å²) in [4.78, 5) is 4.85. The Balaban J connectivity index is 2.28. The Morgan fingerprint density at radius 1 is 1.35 bits per heavy atom. The number of hydrogen-bond donors (Lipinski definition) is 0. The molecule has 0 amide bonds. The van der Waals surface area contributed by atoms with E-state index in [4.69, 9.17) is 9.72 Å². The van der Waals surface area contributed by atoms with E-state index >= 15 is 0 Å². The van der Waals surface area contributed by atoms with Gasteiger partial charge in [-0.05, 0) is 19.8 Å². The molecule has 1 aliphatic carbocycles. The van der Waals surface area contributed by atoms with Gasteiger partial charge in [-0.25, -0.2) is 4.98 Å². The lowest BCUT2D eigenvalue weighted by atomic mass is 9.93. The predicted octanol–water partition coefficient (Wildman–Crippen LogP) is 4.25. The van der Waals surface area contributed by atoms with Crippen molar-refractivity contribution in [2.24, 2.45) is 0 Å². The molecule has 0 unspecified atom stereocenters. The molecule has 1 aliphatic rings. The first-order valence-corrected chi connectivity index (χ1v) is 7.46. The van der Waals surface area contributed by atoms with Gasteiger partial charge in [0.05, 0.1) is 5.69 Å². The van der Waals surface area contributed by atoms with Gasteiger partial charge in [0.25, 0.3) is 0 Å². The number of aromatic nitrogens is 1. The highest BCUT2D eigenvalue weighted by molar-refractivity contribution is 7.09. The van der Waals surface area contributed by atoms with E-state index in [-0.39, 0.29) is 11.0 Å². The second kappa shape index (κ2) is 4.69. The van der Waals surface area contributed by atoms with Crippen molar-refractivity contribution in [2.45, 2.75) is 64.4 Å². The average molecular weight is 253 g/mol. The van der Waals surface area contributed by atoms with Crippen LogP contribution in [0.2, 0.25) is 0 Å². The van der Waals surface area contributed by atoms with Crippen molar-refractivity contribution in [3.63, 3.8) is 0 Å². The van der Waals surface area contributed by atoms with Gasteiger partial charge in [-0.15, -0.1) is 11.3 Å². The molecule has 2 nitrogen and oxygen atoms in total. The van der Waals surface area contributed by atoms with Crippen LogP contribution < -0.4 is 0 Å². The standard InChI is InChI=1S/C14H23NOS/c1-5-16-14(8-6-7-9-14)12-15-11(10-17-12)13(2,3)4/h10H,5-9H2,1-4H3. The van der Waals surface area contributed by atoms with Crippen LogP contribution in [-0.4, -0.2) is 11.6 Å². The highest BCUT2D eigenvalue weighted by Gasteiger charge is 2.39. The third-order valence-corrected chi connectivity index (χ3v) is 4.52. The molecule has 0 saturated heterocycles. The molecular formula is C14H23NOS. The first kappa shape index (κ1) is 13.0. The van der Waals surface area contributed by atoms with Gasteiger partial charge in [0.2, 0.25) is 0 Å². The number of hydrogen-bond acceptors (Lipinski definition) is 3. The SMILES string of the molecule is CCOC1(c2nc(C(C)(C)C)cs2)CCCC1. The van der Waals surface area contributed by atoms with Crippen LogP contribution in [0.3, 0.4) is 0 Å². The summed E-state index contributed by atoms with van der Waals surface area (Å²) in [6.07, 6.45) is 4.81. The predicted molar refractivity (Wildman–Crippen MR) is 72.6 cm³/mol. The van der Waals surface area contributed by atoms with Gasteiger partial charge in [-0.1, -0.05) is 33.6 Å². The zero-order chi connectivity index (χ0) is 12.5. The average Bonchev–Trinajstić information content (AvgIpc) is 2.84. The first-order valence-electron chi connectivity index (χ1n) is 6.58.